The minimum absolute atomic E-state index is 0. The van der Waals surface area contributed by atoms with E-state index in [0.717, 1.165) is 44.2 Å². The lowest BCUT2D eigenvalue weighted by molar-refractivity contribution is 0.0996. The van der Waals surface area contributed by atoms with E-state index in [1.165, 1.54) is 6.26 Å². The lowest BCUT2D eigenvalue weighted by Crippen LogP contribution is -2.38. The molecule has 1 aromatic carbocycles. The van der Waals surface area contributed by atoms with Crippen LogP contribution in [0.3, 0.4) is 0 Å². The average Bonchev–Trinajstić information content (AvgIpc) is 3.21. The highest BCUT2D eigenvalue weighted by molar-refractivity contribution is 14.0. The van der Waals surface area contributed by atoms with Gasteiger partial charge in [-0.2, -0.15) is 0 Å². The SMILES string of the molecule is CCNC(=NCc1cccc(NC(=O)c2ccco2)c1)NCCCOCC.I. The molecule has 0 aliphatic carbocycles. The van der Waals surface area contributed by atoms with Crippen LogP contribution in [0.15, 0.2) is 52.1 Å². The summed E-state index contributed by atoms with van der Waals surface area (Å²) >= 11 is 0. The summed E-state index contributed by atoms with van der Waals surface area (Å²) in [4.78, 5) is 16.7. The van der Waals surface area contributed by atoms with Crippen molar-refractivity contribution in [1.82, 2.24) is 10.6 Å². The minimum Gasteiger partial charge on any atom is -0.459 e. The van der Waals surface area contributed by atoms with Gasteiger partial charge in [0, 0.05) is 32.0 Å². The summed E-state index contributed by atoms with van der Waals surface area (Å²) in [5.74, 6) is 0.771. The summed E-state index contributed by atoms with van der Waals surface area (Å²) in [7, 11) is 0. The molecule has 0 fully saturated rings. The van der Waals surface area contributed by atoms with Crippen molar-refractivity contribution in [3.05, 3.63) is 54.0 Å². The molecule has 0 bridgehead atoms. The standard InChI is InChI=1S/C20H28N4O3.HI/c1-3-21-20(22-11-7-12-26-4-2)23-15-16-8-5-9-17(14-16)24-19(25)18-10-6-13-27-18;/h5-6,8-10,13-14H,3-4,7,11-12,15H2,1-2H3,(H,24,25)(H2,21,22,23);1H. The zero-order chi connectivity index (χ0) is 19.3. The van der Waals surface area contributed by atoms with Gasteiger partial charge in [-0.05, 0) is 50.1 Å². The van der Waals surface area contributed by atoms with E-state index in [2.05, 4.69) is 20.9 Å². The van der Waals surface area contributed by atoms with Gasteiger partial charge in [-0.25, -0.2) is 4.99 Å². The molecule has 8 heteroatoms. The van der Waals surface area contributed by atoms with Crippen LogP contribution in [0.25, 0.3) is 0 Å². The fraction of sp³-hybridized carbons (Fsp3) is 0.400. The number of hydrogen-bond donors (Lipinski definition) is 3. The Labute approximate surface area is 183 Å². The fourth-order valence-corrected chi connectivity index (χ4v) is 2.39. The molecular formula is C20H29IN4O3. The zero-order valence-corrected chi connectivity index (χ0v) is 18.7. The second-order valence-corrected chi connectivity index (χ2v) is 5.80. The van der Waals surface area contributed by atoms with Crippen LogP contribution >= 0.6 is 24.0 Å². The Morgan fingerprint density at radius 2 is 2.04 bits per heavy atom. The molecule has 1 aromatic heterocycles. The Morgan fingerprint density at radius 3 is 2.75 bits per heavy atom. The summed E-state index contributed by atoms with van der Waals surface area (Å²) in [6, 6.07) is 10.9. The molecular weight excluding hydrogens is 471 g/mol. The average molecular weight is 500 g/mol. The fourth-order valence-electron chi connectivity index (χ4n) is 2.39. The number of rotatable bonds is 10. The van der Waals surface area contributed by atoms with Crippen LogP contribution in [0.1, 0.15) is 36.4 Å². The smallest absolute Gasteiger partial charge is 0.291 e. The number of anilines is 1. The van der Waals surface area contributed by atoms with Crippen LogP contribution in [-0.2, 0) is 11.3 Å². The lowest BCUT2D eigenvalue weighted by Gasteiger charge is -2.11. The quantitative estimate of drug-likeness (QED) is 0.201. The van der Waals surface area contributed by atoms with Gasteiger partial charge >= 0.3 is 0 Å². The first-order valence-electron chi connectivity index (χ1n) is 9.26. The molecule has 2 rings (SSSR count). The van der Waals surface area contributed by atoms with E-state index in [1.54, 1.807) is 12.1 Å². The van der Waals surface area contributed by atoms with E-state index < -0.39 is 0 Å². The minimum atomic E-state index is -0.273. The predicted octanol–water partition coefficient (Wildman–Crippen LogP) is 3.63. The van der Waals surface area contributed by atoms with Gasteiger partial charge < -0.3 is 25.1 Å². The molecule has 1 amide bonds. The van der Waals surface area contributed by atoms with Crippen LogP contribution in [0.4, 0.5) is 5.69 Å². The molecule has 0 saturated carbocycles. The van der Waals surface area contributed by atoms with Crippen LogP contribution in [0, 0.1) is 0 Å². The maximum Gasteiger partial charge on any atom is 0.291 e. The van der Waals surface area contributed by atoms with Gasteiger partial charge in [0.1, 0.15) is 0 Å². The molecule has 0 saturated heterocycles. The summed E-state index contributed by atoms with van der Waals surface area (Å²) in [5, 5.41) is 9.34. The number of furan rings is 1. The molecule has 1 heterocycles. The number of ether oxygens (including phenoxy) is 1. The van der Waals surface area contributed by atoms with Gasteiger partial charge in [-0.3, -0.25) is 4.79 Å². The molecule has 0 aliphatic rings. The first kappa shape index (κ1) is 24.0. The van der Waals surface area contributed by atoms with Crippen LogP contribution in [0.5, 0.6) is 0 Å². The predicted molar refractivity (Wildman–Crippen MR) is 122 cm³/mol. The molecule has 7 nitrogen and oxygen atoms in total. The normalized spacial score (nSPS) is 10.9. The third kappa shape index (κ3) is 8.75. The number of carbonyl (C=O) groups is 1. The van der Waals surface area contributed by atoms with Crippen LogP contribution in [-0.4, -0.2) is 38.2 Å². The number of guanidine groups is 1. The van der Waals surface area contributed by atoms with E-state index in [-0.39, 0.29) is 35.6 Å². The number of nitrogens with zero attached hydrogens (tertiary/aromatic N) is 1. The number of aliphatic imine (C=N–C) groups is 1. The highest BCUT2D eigenvalue weighted by Crippen LogP contribution is 2.13. The van der Waals surface area contributed by atoms with Crippen molar-refractivity contribution in [2.45, 2.75) is 26.8 Å². The number of amides is 1. The van der Waals surface area contributed by atoms with Crippen molar-refractivity contribution in [3.63, 3.8) is 0 Å². The Hall–Kier alpha value is -2.07. The Kier molecular flexibility index (Phi) is 12.0. The second-order valence-electron chi connectivity index (χ2n) is 5.80. The highest BCUT2D eigenvalue weighted by atomic mass is 127. The monoisotopic (exact) mass is 500 g/mol. The van der Waals surface area contributed by atoms with E-state index in [4.69, 9.17) is 9.15 Å². The molecule has 28 heavy (non-hydrogen) atoms. The molecule has 0 spiro atoms. The number of carbonyl (C=O) groups excluding carboxylic acids is 1. The van der Waals surface area contributed by atoms with Crippen molar-refractivity contribution in [3.8, 4) is 0 Å². The Bertz CT molecular complexity index is 720. The van der Waals surface area contributed by atoms with Crippen molar-refractivity contribution >= 4 is 41.5 Å². The van der Waals surface area contributed by atoms with Gasteiger partial charge in [-0.15, -0.1) is 24.0 Å². The third-order valence-electron chi connectivity index (χ3n) is 3.66. The van der Waals surface area contributed by atoms with Crippen molar-refractivity contribution in [2.75, 3.05) is 31.6 Å². The molecule has 0 aliphatic heterocycles. The maximum absolute atomic E-state index is 12.1. The van der Waals surface area contributed by atoms with Crippen LogP contribution in [0.2, 0.25) is 0 Å². The lowest BCUT2D eigenvalue weighted by atomic mass is 10.2. The summed E-state index contributed by atoms with van der Waals surface area (Å²) in [5.41, 5.74) is 1.71. The maximum atomic E-state index is 12.1. The number of nitrogens with one attached hydrogen (secondary N) is 3. The largest absolute Gasteiger partial charge is 0.459 e. The van der Waals surface area contributed by atoms with Gasteiger partial charge in [0.05, 0.1) is 12.8 Å². The first-order chi connectivity index (χ1) is 13.2. The molecule has 2 aromatic rings. The Morgan fingerprint density at radius 1 is 1.18 bits per heavy atom. The number of halogens is 1. The highest BCUT2D eigenvalue weighted by Gasteiger charge is 2.08. The van der Waals surface area contributed by atoms with E-state index in [0.29, 0.717) is 12.2 Å². The molecule has 3 N–H and O–H groups in total. The van der Waals surface area contributed by atoms with E-state index in [1.807, 2.05) is 38.1 Å². The summed E-state index contributed by atoms with van der Waals surface area (Å²) in [6.45, 7) is 7.58. The van der Waals surface area contributed by atoms with Gasteiger partial charge in [0.15, 0.2) is 11.7 Å². The van der Waals surface area contributed by atoms with Gasteiger partial charge in [-0.1, -0.05) is 12.1 Å². The second kappa shape index (κ2) is 14.0. The van der Waals surface area contributed by atoms with E-state index in [9.17, 15) is 4.79 Å². The molecule has 0 radical (unpaired) electrons. The van der Waals surface area contributed by atoms with E-state index >= 15 is 0 Å². The zero-order valence-electron chi connectivity index (χ0n) is 16.4. The van der Waals surface area contributed by atoms with Gasteiger partial charge in [0.2, 0.25) is 0 Å². The molecule has 154 valence electrons. The topological polar surface area (TPSA) is 87.9 Å². The number of benzene rings is 1. The Balaban J connectivity index is 0.00000392. The molecule has 0 unspecified atom stereocenters. The first-order valence-corrected chi connectivity index (χ1v) is 9.26. The van der Waals surface area contributed by atoms with Crippen molar-refractivity contribution in [2.24, 2.45) is 4.99 Å². The summed E-state index contributed by atoms with van der Waals surface area (Å²) in [6.07, 6.45) is 2.40. The third-order valence-corrected chi connectivity index (χ3v) is 3.66. The van der Waals surface area contributed by atoms with Crippen molar-refractivity contribution in [1.29, 1.82) is 0 Å². The number of hydrogen-bond acceptors (Lipinski definition) is 4. The van der Waals surface area contributed by atoms with Crippen LogP contribution < -0.4 is 16.0 Å². The summed E-state index contributed by atoms with van der Waals surface area (Å²) < 4.78 is 10.4. The van der Waals surface area contributed by atoms with Crippen molar-refractivity contribution < 1.29 is 13.9 Å². The molecule has 0 atom stereocenters. The van der Waals surface area contributed by atoms with Gasteiger partial charge in [0.25, 0.3) is 5.91 Å².